The van der Waals surface area contributed by atoms with Crippen LogP contribution in [-0.2, 0) is 0 Å². The number of piperidine rings is 1. The number of methoxy groups -OCH3 is 1. The first-order chi connectivity index (χ1) is 15.4. The summed E-state index contributed by atoms with van der Waals surface area (Å²) in [5.74, 6) is 7.71. The van der Waals surface area contributed by atoms with Gasteiger partial charge in [-0.3, -0.25) is 0 Å². The molecule has 1 unspecified atom stereocenters. The average Bonchev–Trinajstić information content (AvgIpc) is 3.21. The van der Waals surface area contributed by atoms with Crippen molar-refractivity contribution >= 4 is 28.9 Å². The van der Waals surface area contributed by atoms with E-state index in [2.05, 4.69) is 10.3 Å². The van der Waals surface area contributed by atoms with Crippen LogP contribution in [0.1, 0.15) is 36.6 Å². The molecule has 2 heterocycles. The van der Waals surface area contributed by atoms with Gasteiger partial charge >= 0.3 is 0 Å². The molecule has 0 saturated carbocycles. The van der Waals surface area contributed by atoms with Crippen molar-refractivity contribution in [1.29, 1.82) is 0 Å². The molecule has 0 aliphatic carbocycles. The SMILES string of the molecule is COc1cc(N/C(N)=C2\CCCC(c3ccc(Cl)c(Cl)c3)N2N)ccc1-n1cnc(C)c1. The van der Waals surface area contributed by atoms with Crippen LogP contribution in [0.25, 0.3) is 5.69 Å². The van der Waals surface area contributed by atoms with Crippen LogP contribution in [0.5, 0.6) is 5.75 Å². The van der Waals surface area contributed by atoms with Gasteiger partial charge in [-0.25, -0.2) is 10.8 Å². The van der Waals surface area contributed by atoms with E-state index < -0.39 is 0 Å². The van der Waals surface area contributed by atoms with E-state index >= 15 is 0 Å². The maximum atomic E-state index is 6.50. The van der Waals surface area contributed by atoms with Crippen LogP contribution in [0.4, 0.5) is 5.69 Å². The highest BCUT2D eigenvalue weighted by atomic mass is 35.5. The zero-order valence-corrected chi connectivity index (χ0v) is 19.5. The zero-order chi connectivity index (χ0) is 22.8. The topological polar surface area (TPSA) is 94.4 Å². The fraction of sp³-hybridized carbons (Fsp3) is 0.261. The van der Waals surface area contributed by atoms with Crippen molar-refractivity contribution in [2.24, 2.45) is 11.6 Å². The molecule has 0 bridgehead atoms. The number of imidazole rings is 1. The molecule has 2 aromatic carbocycles. The number of nitrogens with two attached hydrogens (primary N) is 2. The number of hydrogen-bond acceptors (Lipinski definition) is 6. The lowest BCUT2D eigenvalue weighted by molar-refractivity contribution is 0.202. The predicted molar refractivity (Wildman–Crippen MR) is 129 cm³/mol. The van der Waals surface area contributed by atoms with E-state index in [0.29, 0.717) is 21.6 Å². The summed E-state index contributed by atoms with van der Waals surface area (Å²) >= 11 is 12.3. The van der Waals surface area contributed by atoms with Gasteiger partial charge in [0.2, 0.25) is 0 Å². The first kappa shape index (κ1) is 22.3. The minimum atomic E-state index is -0.0322. The van der Waals surface area contributed by atoms with E-state index in [1.54, 1.807) is 24.5 Å². The van der Waals surface area contributed by atoms with Crippen molar-refractivity contribution in [2.75, 3.05) is 12.4 Å². The van der Waals surface area contributed by atoms with Crippen LogP contribution < -0.4 is 21.6 Å². The second-order valence-electron chi connectivity index (χ2n) is 7.78. The first-order valence-corrected chi connectivity index (χ1v) is 11.1. The number of hydrogen-bond donors (Lipinski definition) is 3. The molecule has 5 N–H and O–H groups in total. The third kappa shape index (κ3) is 4.50. The Morgan fingerprint density at radius 3 is 2.69 bits per heavy atom. The maximum absolute atomic E-state index is 6.50. The monoisotopic (exact) mass is 472 g/mol. The molecule has 1 fully saturated rings. The largest absolute Gasteiger partial charge is 0.494 e. The van der Waals surface area contributed by atoms with E-state index in [0.717, 1.165) is 47.6 Å². The Morgan fingerprint density at radius 2 is 2.00 bits per heavy atom. The van der Waals surface area contributed by atoms with Crippen molar-refractivity contribution in [1.82, 2.24) is 14.6 Å². The van der Waals surface area contributed by atoms with Gasteiger partial charge in [-0.1, -0.05) is 29.3 Å². The normalized spacial score (nSPS) is 17.9. The number of nitrogens with zero attached hydrogens (tertiary/aromatic N) is 3. The Kier molecular flexibility index (Phi) is 6.50. The third-order valence-corrected chi connectivity index (χ3v) is 6.37. The van der Waals surface area contributed by atoms with Crippen molar-refractivity contribution in [3.8, 4) is 11.4 Å². The molecule has 32 heavy (non-hydrogen) atoms. The van der Waals surface area contributed by atoms with Crippen LogP contribution in [0.3, 0.4) is 0 Å². The fourth-order valence-corrected chi connectivity index (χ4v) is 4.30. The van der Waals surface area contributed by atoms with Gasteiger partial charge in [-0.15, -0.1) is 0 Å². The highest BCUT2D eigenvalue weighted by molar-refractivity contribution is 6.42. The number of hydrazine groups is 1. The van der Waals surface area contributed by atoms with E-state index in [1.165, 1.54) is 0 Å². The summed E-state index contributed by atoms with van der Waals surface area (Å²) in [6, 6.07) is 11.4. The fourth-order valence-electron chi connectivity index (χ4n) is 3.99. The number of allylic oxidation sites excluding steroid dienone is 1. The molecular formula is C23H26Cl2N6O. The van der Waals surface area contributed by atoms with E-state index in [1.807, 2.05) is 48.0 Å². The lowest BCUT2D eigenvalue weighted by Gasteiger charge is -2.37. The summed E-state index contributed by atoms with van der Waals surface area (Å²) in [7, 11) is 1.64. The molecule has 1 saturated heterocycles. The highest BCUT2D eigenvalue weighted by Gasteiger charge is 2.27. The average molecular weight is 473 g/mol. The summed E-state index contributed by atoms with van der Waals surface area (Å²) in [6.45, 7) is 1.94. The van der Waals surface area contributed by atoms with Gasteiger partial charge < -0.3 is 25.4 Å². The molecule has 7 nitrogen and oxygen atoms in total. The Bertz CT molecular complexity index is 1160. The van der Waals surface area contributed by atoms with Crippen molar-refractivity contribution < 1.29 is 4.74 Å². The Morgan fingerprint density at radius 1 is 1.19 bits per heavy atom. The Labute approximate surface area is 197 Å². The minimum Gasteiger partial charge on any atom is -0.494 e. The van der Waals surface area contributed by atoms with Crippen molar-refractivity contribution in [2.45, 2.75) is 32.2 Å². The van der Waals surface area contributed by atoms with Gasteiger partial charge in [0.1, 0.15) is 11.6 Å². The van der Waals surface area contributed by atoms with E-state index in [4.69, 9.17) is 39.5 Å². The predicted octanol–water partition coefficient (Wildman–Crippen LogP) is 5.14. The summed E-state index contributed by atoms with van der Waals surface area (Å²) in [5.41, 5.74) is 10.9. The number of aromatic nitrogens is 2. The quantitative estimate of drug-likeness (QED) is 0.445. The molecular weight excluding hydrogens is 447 g/mol. The van der Waals surface area contributed by atoms with Crippen LogP contribution in [-0.4, -0.2) is 21.7 Å². The van der Waals surface area contributed by atoms with Gasteiger partial charge in [-0.05, 0) is 56.0 Å². The van der Waals surface area contributed by atoms with E-state index in [-0.39, 0.29) is 6.04 Å². The molecule has 1 aliphatic rings. The number of aryl methyl sites for hydroxylation is 1. The lowest BCUT2D eigenvalue weighted by Crippen LogP contribution is -2.40. The molecule has 1 atom stereocenters. The standard InChI is InChI=1S/C23H26Cl2N6O/c1-14-12-30(13-28-14)20-9-7-16(11-22(20)32-2)29-23(26)21-5-3-4-19(31(21)27)15-6-8-17(24)18(25)10-15/h6-13,19,29H,3-5,26-27H2,1-2H3/b23-21+. The molecule has 4 rings (SSSR count). The number of ether oxygens (including phenoxy) is 1. The number of halogens is 2. The number of anilines is 1. The summed E-state index contributed by atoms with van der Waals surface area (Å²) in [5, 5.41) is 6.04. The Balaban J connectivity index is 1.58. The molecule has 1 aliphatic heterocycles. The molecule has 3 aromatic rings. The second-order valence-corrected chi connectivity index (χ2v) is 8.60. The molecule has 0 spiro atoms. The van der Waals surface area contributed by atoms with Crippen LogP contribution in [0, 0.1) is 6.92 Å². The van der Waals surface area contributed by atoms with Crippen molar-refractivity contribution in [3.63, 3.8) is 0 Å². The van der Waals surface area contributed by atoms with Crippen molar-refractivity contribution in [3.05, 3.63) is 81.7 Å². The van der Waals surface area contributed by atoms with E-state index in [9.17, 15) is 0 Å². The highest BCUT2D eigenvalue weighted by Crippen LogP contribution is 2.37. The molecule has 168 valence electrons. The Hall–Kier alpha value is -2.87. The molecule has 0 amide bonds. The van der Waals surface area contributed by atoms with Crippen LogP contribution in [0.15, 0.2) is 60.4 Å². The van der Waals surface area contributed by atoms with Gasteiger partial charge in [0.15, 0.2) is 0 Å². The maximum Gasteiger partial charge on any atom is 0.144 e. The van der Waals surface area contributed by atoms with Gasteiger partial charge in [0.05, 0.1) is 46.6 Å². The molecule has 0 radical (unpaired) electrons. The van der Waals surface area contributed by atoms with Gasteiger partial charge in [0, 0.05) is 18.0 Å². The summed E-state index contributed by atoms with van der Waals surface area (Å²) < 4.78 is 7.51. The minimum absolute atomic E-state index is 0.0322. The van der Waals surface area contributed by atoms with Crippen LogP contribution in [0.2, 0.25) is 10.0 Å². The number of rotatable bonds is 5. The molecule has 1 aromatic heterocycles. The number of benzene rings is 2. The lowest BCUT2D eigenvalue weighted by atomic mass is 9.95. The zero-order valence-electron chi connectivity index (χ0n) is 18.0. The second kappa shape index (κ2) is 9.32. The van der Waals surface area contributed by atoms with Gasteiger partial charge in [-0.2, -0.15) is 0 Å². The first-order valence-electron chi connectivity index (χ1n) is 10.3. The molecule has 9 heteroatoms. The van der Waals surface area contributed by atoms with Gasteiger partial charge in [0.25, 0.3) is 0 Å². The summed E-state index contributed by atoms with van der Waals surface area (Å²) in [4.78, 5) is 4.28. The summed E-state index contributed by atoms with van der Waals surface area (Å²) in [6.07, 6.45) is 6.33. The third-order valence-electron chi connectivity index (χ3n) is 5.63. The van der Waals surface area contributed by atoms with Crippen LogP contribution >= 0.6 is 23.2 Å². The number of nitrogens with one attached hydrogen (secondary N) is 1. The smallest absolute Gasteiger partial charge is 0.144 e.